The van der Waals surface area contributed by atoms with E-state index in [1.54, 1.807) is 0 Å². The van der Waals surface area contributed by atoms with Crippen molar-refractivity contribution >= 4 is 0 Å². The van der Waals surface area contributed by atoms with Crippen LogP contribution in [-0.2, 0) is 13.6 Å². The van der Waals surface area contributed by atoms with E-state index in [-0.39, 0.29) is 12.4 Å². The number of halogens is 1. The zero-order chi connectivity index (χ0) is 12.5. The highest BCUT2D eigenvalue weighted by molar-refractivity contribution is 4.78. The molecule has 0 atom stereocenters. The zero-order valence-corrected chi connectivity index (χ0v) is 13.0. The Labute approximate surface area is 119 Å². The first-order chi connectivity index (χ1) is 8.25. The van der Waals surface area contributed by atoms with Gasteiger partial charge in [0.25, 0.3) is 5.82 Å². The standard InChI is InChI=1S/C15H29N2.ClH/c1-4-5-6-7-8-9-10-11-12-17-14-13-16(3)15(17)2;/h13-14H,4-12H2,1-3H3;1H/q+1;/p-1. The molecule has 1 aromatic heterocycles. The third kappa shape index (κ3) is 6.44. The smallest absolute Gasteiger partial charge is 0.253 e. The first-order valence-corrected chi connectivity index (χ1v) is 7.27. The maximum Gasteiger partial charge on any atom is 0.253 e. The summed E-state index contributed by atoms with van der Waals surface area (Å²) in [5.74, 6) is 1.35. The molecule has 0 amide bonds. The lowest BCUT2D eigenvalue weighted by Crippen LogP contribution is -3.00. The summed E-state index contributed by atoms with van der Waals surface area (Å²) in [7, 11) is 2.11. The lowest BCUT2D eigenvalue weighted by molar-refractivity contribution is -0.677. The van der Waals surface area contributed by atoms with Gasteiger partial charge in [0.15, 0.2) is 0 Å². The van der Waals surface area contributed by atoms with Crippen molar-refractivity contribution in [3.63, 3.8) is 0 Å². The molecule has 0 unspecified atom stereocenters. The lowest BCUT2D eigenvalue weighted by atomic mass is 10.1. The molecule has 0 aliphatic rings. The van der Waals surface area contributed by atoms with E-state index in [2.05, 4.69) is 42.4 Å². The SMILES string of the molecule is CCCCCCCCCCn1cc[n+](C)c1C.[Cl-]. The van der Waals surface area contributed by atoms with Crippen molar-refractivity contribution in [1.82, 2.24) is 4.57 Å². The molecule has 2 nitrogen and oxygen atoms in total. The molecular formula is C15H29ClN2. The highest BCUT2D eigenvalue weighted by Gasteiger charge is 2.07. The van der Waals surface area contributed by atoms with Gasteiger partial charge in [-0.05, 0) is 12.8 Å². The maximum absolute atomic E-state index is 2.36. The van der Waals surface area contributed by atoms with Gasteiger partial charge in [-0.3, -0.25) is 0 Å². The van der Waals surface area contributed by atoms with Crippen molar-refractivity contribution in [3.05, 3.63) is 18.2 Å². The van der Waals surface area contributed by atoms with Gasteiger partial charge >= 0.3 is 0 Å². The normalized spacial score (nSPS) is 10.4. The molecule has 1 rings (SSSR count). The van der Waals surface area contributed by atoms with Crippen molar-refractivity contribution < 1.29 is 17.0 Å². The van der Waals surface area contributed by atoms with Crippen LogP contribution in [0.3, 0.4) is 0 Å². The van der Waals surface area contributed by atoms with Gasteiger partial charge in [-0.2, -0.15) is 0 Å². The minimum atomic E-state index is 0. The highest BCUT2D eigenvalue weighted by Crippen LogP contribution is 2.09. The Balaban J connectivity index is 0.00000289. The predicted octanol–water partition coefficient (Wildman–Crippen LogP) is 0.766. The van der Waals surface area contributed by atoms with E-state index in [0.29, 0.717) is 0 Å². The summed E-state index contributed by atoms with van der Waals surface area (Å²) in [5, 5.41) is 0. The van der Waals surface area contributed by atoms with Crippen molar-refractivity contribution in [2.45, 2.75) is 71.8 Å². The van der Waals surface area contributed by atoms with E-state index in [1.807, 2.05) is 0 Å². The average molecular weight is 273 g/mol. The minimum Gasteiger partial charge on any atom is -1.00 e. The number of hydrogen-bond acceptors (Lipinski definition) is 0. The van der Waals surface area contributed by atoms with E-state index >= 15 is 0 Å². The second-order valence-corrected chi connectivity index (χ2v) is 5.12. The van der Waals surface area contributed by atoms with Crippen molar-refractivity contribution in [1.29, 1.82) is 0 Å². The monoisotopic (exact) mass is 272 g/mol. The van der Waals surface area contributed by atoms with E-state index in [9.17, 15) is 0 Å². The van der Waals surface area contributed by atoms with Crippen LogP contribution < -0.4 is 17.0 Å². The van der Waals surface area contributed by atoms with Gasteiger partial charge in [0.1, 0.15) is 12.4 Å². The molecule has 0 aromatic carbocycles. The number of imidazole rings is 1. The molecule has 3 heteroatoms. The zero-order valence-electron chi connectivity index (χ0n) is 12.3. The summed E-state index contributed by atoms with van der Waals surface area (Å²) in [6.45, 7) is 5.64. The first-order valence-electron chi connectivity index (χ1n) is 7.27. The van der Waals surface area contributed by atoms with Crippen LogP contribution in [0.1, 0.15) is 64.1 Å². The third-order valence-corrected chi connectivity index (χ3v) is 3.65. The van der Waals surface area contributed by atoms with Crippen molar-refractivity contribution in [2.75, 3.05) is 0 Å². The van der Waals surface area contributed by atoms with Crippen LogP contribution in [0.5, 0.6) is 0 Å². The lowest BCUT2D eigenvalue weighted by Gasteiger charge is -2.01. The topological polar surface area (TPSA) is 8.81 Å². The summed E-state index contributed by atoms with van der Waals surface area (Å²) in [5.41, 5.74) is 0. The Bertz CT molecular complexity index is 307. The molecule has 0 saturated heterocycles. The molecule has 18 heavy (non-hydrogen) atoms. The Morgan fingerprint density at radius 2 is 1.56 bits per heavy atom. The van der Waals surface area contributed by atoms with Crippen LogP contribution in [0.4, 0.5) is 0 Å². The fourth-order valence-corrected chi connectivity index (χ4v) is 2.25. The molecule has 1 heterocycles. The Kier molecular flexibility index (Phi) is 10.1. The molecular weight excluding hydrogens is 244 g/mol. The Morgan fingerprint density at radius 3 is 2.06 bits per heavy atom. The quantitative estimate of drug-likeness (QED) is 0.464. The number of hydrogen-bond donors (Lipinski definition) is 0. The van der Waals surface area contributed by atoms with E-state index in [1.165, 1.54) is 63.7 Å². The van der Waals surface area contributed by atoms with Gasteiger partial charge in [-0.15, -0.1) is 0 Å². The summed E-state index contributed by atoms with van der Waals surface area (Å²) in [6, 6.07) is 0. The largest absolute Gasteiger partial charge is 1.00 e. The van der Waals surface area contributed by atoms with Crippen LogP contribution in [0.25, 0.3) is 0 Å². The number of unbranched alkanes of at least 4 members (excludes halogenated alkanes) is 7. The van der Waals surface area contributed by atoms with Gasteiger partial charge < -0.3 is 12.4 Å². The van der Waals surface area contributed by atoms with E-state index in [0.717, 1.165) is 0 Å². The maximum atomic E-state index is 2.36. The Morgan fingerprint density at radius 1 is 1.00 bits per heavy atom. The minimum absolute atomic E-state index is 0. The van der Waals surface area contributed by atoms with Gasteiger partial charge in [-0.1, -0.05) is 45.4 Å². The summed E-state index contributed by atoms with van der Waals surface area (Å²) < 4.78 is 4.54. The van der Waals surface area contributed by atoms with Gasteiger partial charge in [0.2, 0.25) is 0 Å². The Hall–Kier alpha value is -0.500. The van der Waals surface area contributed by atoms with Gasteiger partial charge in [0, 0.05) is 6.92 Å². The number of aryl methyl sites for hydroxylation is 2. The fraction of sp³-hybridized carbons (Fsp3) is 0.800. The highest BCUT2D eigenvalue weighted by atomic mass is 35.5. The van der Waals surface area contributed by atoms with Crippen LogP contribution in [-0.4, -0.2) is 4.57 Å². The fourth-order valence-electron chi connectivity index (χ4n) is 2.25. The molecule has 0 aliphatic heterocycles. The molecule has 0 N–H and O–H groups in total. The van der Waals surface area contributed by atoms with Crippen molar-refractivity contribution in [3.8, 4) is 0 Å². The molecule has 106 valence electrons. The molecule has 0 radical (unpaired) electrons. The van der Waals surface area contributed by atoms with Crippen LogP contribution in [0.15, 0.2) is 12.4 Å². The third-order valence-electron chi connectivity index (χ3n) is 3.65. The number of aromatic nitrogens is 2. The predicted molar refractivity (Wildman–Crippen MR) is 73.0 cm³/mol. The van der Waals surface area contributed by atoms with Crippen LogP contribution >= 0.6 is 0 Å². The number of rotatable bonds is 9. The molecule has 0 saturated carbocycles. The summed E-state index contributed by atoms with van der Waals surface area (Å²) >= 11 is 0. The van der Waals surface area contributed by atoms with Gasteiger partial charge in [0.05, 0.1) is 13.6 Å². The second-order valence-electron chi connectivity index (χ2n) is 5.12. The van der Waals surface area contributed by atoms with Crippen molar-refractivity contribution in [2.24, 2.45) is 7.05 Å². The molecule has 0 aliphatic carbocycles. The number of nitrogens with zero attached hydrogens (tertiary/aromatic N) is 2. The van der Waals surface area contributed by atoms with E-state index in [4.69, 9.17) is 0 Å². The molecule has 1 aromatic rings. The second kappa shape index (κ2) is 10.4. The first kappa shape index (κ1) is 17.5. The molecule has 0 bridgehead atoms. The van der Waals surface area contributed by atoms with E-state index < -0.39 is 0 Å². The average Bonchev–Trinajstić information content (AvgIpc) is 2.64. The summed E-state index contributed by atoms with van der Waals surface area (Å²) in [4.78, 5) is 0. The molecule has 0 fully saturated rings. The summed E-state index contributed by atoms with van der Waals surface area (Å²) in [6.07, 6.45) is 15.5. The van der Waals surface area contributed by atoms with Gasteiger partial charge in [-0.25, -0.2) is 9.13 Å². The van der Waals surface area contributed by atoms with Crippen LogP contribution in [0, 0.1) is 6.92 Å². The molecule has 0 spiro atoms. The van der Waals surface area contributed by atoms with Crippen LogP contribution in [0.2, 0.25) is 0 Å².